The monoisotopic (exact) mass is 441 g/mol. The second-order valence-corrected chi connectivity index (χ2v) is 9.38. The molecule has 0 unspecified atom stereocenters. The molecule has 31 heavy (non-hydrogen) atoms. The maximum atomic E-state index is 13.3. The molecule has 1 aromatic carbocycles. The van der Waals surface area contributed by atoms with Gasteiger partial charge in [-0.05, 0) is 67.3 Å². The number of thiophene rings is 1. The van der Waals surface area contributed by atoms with E-state index in [4.69, 9.17) is 4.74 Å². The molecule has 1 aliphatic heterocycles. The number of hydrogen-bond acceptors (Lipinski definition) is 5. The second-order valence-electron chi connectivity index (χ2n) is 8.34. The normalized spacial score (nSPS) is 23.2. The Kier molecular flexibility index (Phi) is 6.00. The fourth-order valence-electron chi connectivity index (χ4n) is 4.28. The lowest BCUT2D eigenvalue weighted by Crippen LogP contribution is -2.50. The number of benzene rings is 1. The Balaban J connectivity index is 1.54. The van der Waals surface area contributed by atoms with E-state index in [1.807, 2.05) is 17.5 Å². The SMILES string of the molecule is COc1ccc(N(Cc2cccs2)C(=O)CN2C(=O)NC3(CCC(C)CC3)C2=O)cc1. The maximum absolute atomic E-state index is 13.3. The van der Waals surface area contributed by atoms with Crippen LogP contribution in [0.2, 0.25) is 0 Å². The summed E-state index contributed by atoms with van der Waals surface area (Å²) in [5, 5.41) is 4.84. The standard InChI is InChI=1S/C23H27N3O4S/c1-16-9-11-23(12-10-16)21(28)26(22(29)24-23)15-20(27)25(14-19-4-3-13-31-19)17-5-7-18(30-2)8-6-17/h3-8,13,16H,9-12,14-15H2,1-2H3,(H,24,29). The molecule has 0 atom stereocenters. The van der Waals surface area contributed by atoms with Crippen LogP contribution in [0.5, 0.6) is 5.75 Å². The van der Waals surface area contributed by atoms with Gasteiger partial charge in [0.1, 0.15) is 17.8 Å². The van der Waals surface area contributed by atoms with Gasteiger partial charge in [-0.15, -0.1) is 11.3 Å². The van der Waals surface area contributed by atoms with Crippen molar-refractivity contribution in [3.63, 3.8) is 0 Å². The number of nitrogens with zero attached hydrogens (tertiary/aromatic N) is 2. The summed E-state index contributed by atoms with van der Waals surface area (Å²) in [6.07, 6.45) is 3.04. The van der Waals surface area contributed by atoms with Crippen molar-refractivity contribution in [2.24, 2.45) is 5.92 Å². The maximum Gasteiger partial charge on any atom is 0.325 e. The third-order valence-corrected chi connectivity index (χ3v) is 7.11. The van der Waals surface area contributed by atoms with Crippen LogP contribution >= 0.6 is 11.3 Å². The number of methoxy groups -OCH3 is 1. The smallest absolute Gasteiger partial charge is 0.325 e. The van der Waals surface area contributed by atoms with Crippen molar-refractivity contribution >= 4 is 34.9 Å². The molecule has 8 heteroatoms. The highest BCUT2D eigenvalue weighted by Gasteiger charge is 2.52. The van der Waals surface area contributed by atoms with Gasteiger partial charge in [-0.3, -0.25) is 14.5 Å². The number of carbonyl (C=O) groups excluding carboxylic acids is 3. The zero-order chi connectivity index (χ0) is 22.0. The molecule has 1 aromatic heterocycles. The summed E-state index contributed by atoms with van der Waals surface area (Å²) in [5.41, 5.74) is -0.157. The summed E-state index contributed by atoms with van der Waals surface area (Å²) in [6, 6.07) is 10.6. The van der Waals surface area contributed by atoms with E-state index in [1.54, 1.807) is 47.6 Å². The molecule has 1 spiro atoms. The minimum absolute atomic E-state index is 0.274. The molecule has 2 aromatic rings. The Hall–Kier alpha value is -2.87. The van der Waals surface area contributed by atoms with Crippen molar-refractivity contribution in [1.29, 1.82) is 0 Å². The highest BCUT2D eigenvalue weighted by molar-refractivity contribution is 7.09. The lowest BCUT2D eigenvalue weighted by Gasteiger charge is -2.33. The van der Waals surface area contributed by atoms with Crippen LogP contribution in [0.4, 0.5) is 10.5 Å². The minimum atomic E-state index is -0.845. The van der Waals surface area contributed by atoms with Gasteiger partial charge in [-0.2, -0.15) is 0 Å². The highest BCUT2D eigenvalue weighted by Crippen LogP contribution is 2.36. The Morgan fingerprint density at radius 1 is 1.23 bits per heavy atom. The van der Waals surface area contributed by atoms with Gasteiger partial charge in [0.15, 0.2) is 0 Å². The summed E-state index contributed by atoms with van der Waals surface area (Å²) in [5.74, 6) is 0.657. The van der Waals surface area contributed by atoms with Crippen molar-refractivity contribution < 1.29 is 19.1 Å². The number of ether oxygens (including phenoxy) is 1. The van der Waals surface area contributed by atoms with Crippen LogP contribution in [0.15, 0.2) is 41.8 Å². The zero-order valence-electron chi connectivity index (χ0n) is 17.8. The largest absolute Gasteiger partial charge is 0.497 e. The lowest BCUT2D eigenvalue weighted by atomic mass is 9.77. The van der Waals surface area contributed by atoms with E-state index < -0.39 is 11.6 Å². The molecule has 1 N–H and O–H groups in total. The number of carbonyl (C=O) groups is 3. The van der Waals surface area contributed by atoms with Gasteiger partial charge >= 0.3 is 6.03 Å². The molecule has 2 aliphatic rings. The van der Waals surface area contributed by atoms with Crippen LogP contribution in [0.25, 0.3) is 0 Å². The molecule has 1 saturated heterocycles. The molecular formula is C23H27N3O4S. The van der Waals surface area contributed by atoms with Crippen molar-refractivity contribution in [3.8, 4) is 5.75 Å². The lowest BCUT2D eigenvalue weighted by molar-refractivity contribution is -0.135. The van der Waals surface area contributed by atoms with E-state index in [1.165, 1.54) is 0 Å². The molecule has 4 amide bonds. The molecule has 0 radical (unpaired) electrons. The highest BCUT2D eigenvalue weighted by atomic mass is 32.1. The van der Waals surface area contributed by atoms with E-state index in [9.17, 15) is 14.4 Å². The van der Waals surface area contributed by atoms with Crippen LogP contribution in [-0.4, -0.2) is 41.9 Å². The summed E-state index contributed by atoms with van der Waals surface area (Å²) in [4.78, 5) is 42.8. The van der Waals surface area contributed by atoms with Crippen molar-refractivity contribution in [1.82, 2.24) is 10.2 Å². The first-order valence-electron chi connectivity index (χ1n) is 10.5. The van der Waals surface area contributed by atoms with E-state index >= 15 is 0 Å². The van der Waals surface area contributed by atoms with Crippen LogP contribution in [0, 0.1) is 5.92 Å². The molecule has 1 saturated carbocycles. The summed E-state index contributed by atoms with van der Waals surface area (Å²) < 4.78 is 5.22. The van der Waals surface area contributed by atoms with Gasteiger partial charge < -0.3 is 15.0 Å². The van der Waals surface area contributed by atoms with Gasteiger partial charge in [-0.25, -0.2) is 4.79 Å². The van der Waals surface area contributed by atoms with Crippen molar-refractivity contribution in [2.75, 3.05) is 18.6 Å². The predicted octanol–water partition coefficient (Wildman–Crippen LogP) is 3.79. The van der Waals surface area contributed by atoms with Gasteiger partial charge in [0, 0.05) is 10.6 Å². The number of hydrogen-bond donors (Lipinski definition) is 1. The first-order chi connectivity index (χ1) is 14.9. The van der Waals surface area contributed by atoms with Crippen molar-refractivity contribution in [2.45, 2.75) is 44.7 Å². The van der Waals surface area contributed by atoms with Crippen LogP contribution < -0.4 is 15.0 Å². The molecule has 1 aliphatic carbocycles. The van der Waals surface area contributed by atoms with Gasteiger partial charge in [0.25, 0.3) is 5.91 Å². The van der Waals surface area contributed by atoms with E-state index in [2.05, 4.69) is 12.2 Å². The predicted molar refractivity (Wildman–Crippen MR) is 119 cm³/mol. The quantitative estimate of drug-likeness (QED) is 0.692. The number of rotatable bonds is 6. The van der Waals surface area contributed by atoms with Crippen LogP contribution in [-0.2, 0) is 16.1 Å². The number of imide groups is 1. The van der Waals surface area contributed by atoms with Crippen LogP contribution in [0.3, 0.4) is 0 Å². The average molecular weight is 442 g/mol. The summed E-state index contributed by atoms with van der Waals surface area (Å²) in [6.45, 7) is 2.25. The Morgan fingerprint density at radius 3 is 2.55 bits per heavy atom. The molecule has 7 nitrogen and oxygen atoms in total. The molecular weight excluding hydrogens is 414 g/mol. The van der Waals surface area contributed by atoms with E-state index in [-0.39, 0.29) is 18.4 Å². The molecule has 2 fully saturated rings. The van der Waals surface area contributed by atoms with Gasteiger partial charge in [0.2, 0.25) is 5.91 Å². The van der Waals surface area contributed by atoms with E-state index in [0.717, 1.165) is 22.6 Å². The number of anilines is 1. The zero-order valence-corrected chi connectivity index (χ0v) is 18.6. The Labute approximate surface area is 186 Å². The van der Waals surface area contributed by atoms with Crippen LogP contribution in [0.1, 0.15) is 37.5 Å². The molecule has 0 bridgehead atoms. The first kappa shape index (κ1) is 21.4. The Bertz CT molecular complexity index is 950. The number of urea groups is 1. The fourth-order valence-corrected chi connectivity index (χ4v) is 4.97. The van der Waals surface area contributed by atoms with E-state index in [0.29, 0.717) is 36.7 Å². The summed E-state index contributed by atoms with van der Waals surface area (Å²) >= 11 is 1.55. The third kappa shape index (κ3) is 4.30. The summed E-state index contributed by atoms with van der Waals surface area (Å²) in [7, 11) is 1.59. The first-order valence-corrected chi connectivity index (χ1v) is 11.4. The van der Waals surface area contributed by atoms with Gasteiger partial charge in [-0.1, -0.05) is 13.0 Å². The van der Waals surface area contributed by atoms with Gasteiger partial charge in [0.05, 0.1) is 13.7 Å². The Morgan fingerprint density at radius 2 is 1.94 bits per heavy atom. The molecule has 164 valence electrons. The topological polar surface area (TPSA) is 79.0 Å². The molecule has 2 heterocycles. The molecule has 4 rings (SSSR count). The second kappa shape index (κ2) is 8.70. The van der Waals surface area contributed by atoms with Crippen molar-refractivity contribution in [3.05, 3.63) is 46.7 Å². The fraction of sp³-hybridized carbons (Fsp3) is 0.435. The minimum Gasteiger partial charge on any atom is -0.497 e. The number of nitrogens with one attached hydrogen (secondary N) is 1. The average Bonchev–Trinajstić information content (AvgIpc) is 3.37. The third-order valence-electron chi connectivity index (χ3n) is 6.25. The number of amides is 4.